The van der Waals surface area contributed by atoms with E-state index >= 15 is 0 Å². The van der Waals surface area contributed by atoms with Crippen molar-refractivity contribution in [2.45, 2.75) is 76.2 Å². The fourth-order valence-electron chi connectivity index (χ4n) is 4.55. The first-order valence-electron chi connectivity index (χ1n) is 8.49. The average Bonchev–Trinajstić information content (AvgIpc) is 3.31. The third-order valence-corrected chi connectivity index (χ3v) is 5.82. The van der Waals surface area contributed by atoms with E-state index in [0.29, 0.717) is 30.1 Å². The lowest BCUT2D eigenvalue weighted by Gasteiger charge is -2.41. The van der Waals surface area contributed by atoms with Crippen LogP contribution in [0, 0.1) is 5.92 Å². The Hall–Kier alpha value is -0.610. The molecule has 1 saturated carbocycles. The Morgan fingerprint density at radius 2 is 1.90 bits per heavy atom. The number of carbonyl (C=O) groups excluding carboxylic acids is 1. The summed E-state index contributed by atoms with van der Waals surface area (Å²) < 4.78 is 0. The lowest BCUT2D eigenvalue weighted by molar-refractivity contribution is -0.135. The summed E-state index contributed by atoms with van der Waals surface area (Å²) in [5.41, 5.74) is 0. The molecule has 1 amide bonds. The van der Waals surface area contributed by atoms with Crippen LogP contribution in [0.2, 0.25) is 0 Å². The summed E-state index contributed by atoms with van der Waals surface area (Å²) >= 11 is 0. The van der Waals surface area contributed by atoms with Crippen LogP contribution in [0.15, 0.2) is 0 Å². The van der Waals surface area contributed by atoms with Crippen molar-refractivity contribution < 1.29 is 4.79 Å². The molecule has 4 fully saturated rings. The van der Waals surface area contributed by atoms with E-state index in [4.69, 9.17) is 0 Å². The van der Waals surface area contributed by atoms with Crippen molar-refractivity contribution in [3.63, 3.8) is 0 Å². The third kappa shape index (κ3) is 2.08. The summed E-state index contributed by atoms with van der Waals surface area (Å²) in [7, 11) is 0. The Bertz CT molecular complexity index is 407. The smallest absolute Gasteiger partial charge is 0.241 e. The van der Waals surface area contributed by atoms with Crippen LogP contribution < -0.4 is 5.32 Å². The molecule has 0 aromatic rings. The molecular weight excluding hydrogens is 250 g/mol. The van der Waals surface area contributed by atoms with Crippen LogP contribution in [-0.4, -0.2) is 59.0 Å². The Balaban J connectivity index is 1.44. The molecule has 4 aliphatic rings. The maximum Gasteiger partial charge on any atom is 0.241 e. The lowest BCUT2D eigenvalue weighted by atomic mass is 9.95. The average molecular weight is 277 g/mol. The third-order valence-electron chi connectivity index (χ3n) is 5.82. The Morgan fingerprint density at radius 1 is 1.10 bits per heavy atom. The SMILES string of the molecule is CC(C)N1CCC2C1CCCN2C(=O)[C@@H]1N[C@H]1C1CC1. The number of nitrogens with zero attached hydrogens (tertiary/aromatic N) is 2. The maximum absolute atomic E-state index is 12.8. The first kappa shape index (κ1) is 13.1. The Kier molecular flexibility index (Phi) is 3.08. The zero-order valence-corrected chi connectivity index (χ0v) is 12.7. The molecule has 0 aromatic carbocycles. The van der Waals surface area contributed by atoms with Gasteiger partial charge in [0.1, 0.15) is 6.04 Å². The standard InChI is InChI=1S/C16H27N3O/c1-10(2)18-9-7-13-12(18)4-3-8-19(13)16(20)15-14(17-15)11-5-6-11/h10-15,17H,3-9H2,1-2H3/t12?,13?,14-,15+/m0/s1. The second kappa shape index (κ2) is 4.70. The van der Waals surface area contributed by atoms with E-state index in [1.807, 2.05) is 0 Å². The van der Waals surface area contributed by atoms with Crippen LogP contribution in [0.4, 0.5) is 0 Å². The molecule has 3 aliphatic heterocycles. The van der Waals surface area contributed by atoms with E-state index in [2.05, 4.69) is 29.0 Å². The normalized spacial score (nSPS) is 41.0. The number of hydrogen-bond donors (Lipinski definition) is 1. The molecule has 20 heavy (non-hydrogen) atoms. The minimum atomic E-state index is 0.161. The van der Waals surface area contributed by atoms with E-state index in [-0.39, 0.29) is 6.04 Å². The van der Waals surface area contributed by atoms with Gasteiger partial charge in [0.2, 0.25) is 5.91 Å². The first-order valence-corrected chi connectivity index (χ1v) is 8.49. The number of carbonyl (C=O) groups is 1. The van der Waals surface area contributed by atoms with Crippen molar-refractivity contribution in [2.24, 2.45) is 5.92 Å². The molecule has 4 rings (SSSR count). The highest BCUT2D eigenvalue weighted by Crippen LogP contribution is 2.41. The van der Waals surface area contributed by atoms with Gasteiger partial charge < -0.3 is 4.90 Å². The van der Waals surface area contributed by atoms with Crippen molar-refractivity contribution >= 4 is 5.91 Å². The number of hydrogen-bond acceptors (Lipinski definition) is 3. The molecule has 0 bridgehead atoms. The van der Waals surface area contributed by atoms with Gasteiger partial charge in [0.25, 0.3) is 0 Å². The summed E-state index contributed by atoms with van der Waals surface area (Å²) in [5.74, 6) is 1.21. The Morgan fingerprint density at radius 3 is 2.60 bits per heavy atom. The van der Waals surface area contributed by atoms with Gasteiger partial charge in [-0.15, -0.1) is 0 Å². The van der Waals surface area contributed by atoms with Gasteiger partial charge in [0.15, 0.2) is 0 Å². The summed E-state index contributed by atoms with van der Waals surface area (Å²) in [6.07, 6.45) is 6.28. The van der Waals surface area contributed by atoms with Crippen molar-refractivity contribution in [3.05, 3.63) is 0 Å². The fraction of sp³-hybridized carbons (Fsp3) is 0.938. The molecule has 3 saturated heterocycles. The van der Waals surface area contributed by atoms with Gasteiger partial charge in [-0.05, 0) is 51.9 Å². The van der Waals surface area contributed by atoms with E-state index in [1.54, 1.807) is 0 Å². The number of fused-ring (bicyclic) bond motifs is 1. The van der Waals surface area contributed by atoms with Crippen molar-refractivity contribution in [1.29, 1.82) is 0 Å². The van der Waals surface area contributed by atoms with E-state index in [9.17, 15) is 4.79 Å². The number of amides is 1. The maximum atomic E-state index is 12.8. The number of likely N-dealkylation sites (tertiary alicyclic amines) is 2. The Labute approximate surface area is 121 Å². The molecule has 0 aromatic heterocycles. The minimum absolute atomic E-state index is 0.161. The van der Waals surface area contributed by atoms with Gasteiger partial charge in [-0.25, -0.2) is 0 Å². The highest BCUT2D eigenvalue weighted by atomic mass is 16.2. The predicted molar refractivity (Wildman–Crippen MR) is 78.4 cm³/mol. The molecule has 0 radical (unpaired) electrons. The fourth-order valence-corrected chi connectivity index (χ4v) is 4.55. The van der Waals surface area contributed by atoms with Gasteiger partial charge >= 0.3 is 0 Å². The monoisotopic (exact) mass is 277 g/mol. The highest BCUT2D eigenvalue weighted by molar-refractivity contribution is 5.86. The second-order valence-corrected chi connectivity index (χ2v) is 7.44. The van der Waals surface area contributed by atoms with Gasteiger partial charge in [-0.2, -0.15) is 0 Å². The lowest BCUT2D eigenvalue weighted by Crippen LogP contribution is -2.54. The first-order chi connectivity index (χ1) is 9.66. The molecule has 4 nitrogen and oxygen atoms in total. The summed E-state index contributed by atoms with van der Waals surface area (Å²) in [6, 6.07) is 2.39. The molecule has 0 spiro atoms. The van der Waals surface area contributed by atoms with Crippen LogP contribution in [0.25, 0.3) is 0 Å². The van der Waals surface area contributed by atoms with E-state index in [0.717, 1.165) is 12.5 Å². The zero-order valence-electron chi connectivity index (χ0n) is 12.7. The van der Waals surface area contributed by atoms with Crippen LogP contribution in [-0.2, 0) is 4.79 Å². The van der Waals surface area contributed by atoms with Crippen LogP contribution in [0.5, 0.6) is 0 Å². The van der Waals surface area contributed by atoms with Crippen LogP contribution in [0.3, 0.4) is 0 Å². The highest BCUT2D eigenvalue weighted by Gasteiger charge is 2.54. The molecule has 4 atom stereocenters. The quantitative estimate of drug-likeness (QED) is 0.789. The second-order valence-electron chi connectivity index (χ2n) is 7.44. The van der Waals surface area contributed by atoms with Crippen molar-refractivity contribution in [2.75, 3.05) is 13.1 Å². The predicted octanol–water partition coefficient (Wildman–Crippen LogP) is 1.21. The molecule has 2 unspecified atom stereocenters. The largest absolute Gasteiger partial charge is 0.337 e. The van der Waals surface area contributed by atoms with Gasteiger partial charge in [-0.1, -0.05) is 0 Å². The zero-order chi connectivity index (χ0) is 13.9. The molecule has 3 heterocycles. The van der Waals surface area contributed by atoms with Gasteiger partial charge in [-0.3, -0.25) is 15.0 Å². The van der Waals surface area contributed by atoms with Crippen LogP contribution in [0.1, 0.15) is 46.0 Å². The topological polar surface area (TPSA) is 45.5 Å². The van der Waals surface area contributed by atoms with E-state index < -0.39 is 0 Å². The van der Waals surface area contributed by atoms with E-state index in [1.165, 1.54) is 38.6 Å². The minimum Gasteiger partial charge on any atom is -0.337 e. The summed E-state index contributed by atoms with van der Waals surface area (Å²) in [4.78, 5) is 17.6. The van der Waals surface area contributed by atoms with Crippen molar-refractivity contribution in [3.8, 4) is 0 Å². The van der Waals surface area contributed by atoms with Gasteiger partial charge in [0, 0.05) is 37.3 Å². The molecule has 4 heteroatoms. The van der Waals surface area contributed by atoms with Gasteiger partial charge in [0.05, 0.1) is 0 Å². The number of piperidine rings is 1. The molecular formula is C16H27N3O. The van der Waals surface area contributed by atoms with Crippen LogP contribution >= 0.6 is 0 Å². The van der Waals surface area contributed by atoms with Crippen molar-refractivity contribution in [1.82, 2.24) is 15.1 Å². The number of rotatable bonds is 3. The molecule has 1 N–H and O–H groups in total. The summed E-state index contributed by atoms with van der Waals surface area (Å²) in [6.45, 7) is 6.73. The number of nitrogens with one attached hydrogen (secondary N) is 1. The molecule has 112 valence electrons. The summed E-state index contributed by atoms with van der Waals surface area (Å²) in [5, 5.41) is 3.44. The molecule has 1 aliphatic carbocycles.